The summed E-state index contributed by atoms with van der Waals surface area (Å²) in [6.45, 7) is 2.54. The standard InChI is InChI=1S/C17H27N5O3S/c1-12(23)19-14(6-8-26-4)17(24)22-7-5-13(11-22)25-16-10-18-9-15(20-16)21(2)3/h9-10,13-14H,5-8,11H2,1-4H3,(H,19,23). The Labute approximate surface area is 158 Å². The maximum atomic E-state index is 12.7. The minimum absolute atomic E-state index is 0.0477. The van der Waals surface area contributed by atoms with Crippen molar-refractivity contribution in [2.75, 3.05) is 44.1 Å². The van der Waals surface area contributed by atoms with Gasteiger partial charge in [0.15, 0.2) is 5.82 Å². The molecule has 0 bridgehead atoms. The van der Waals surface area contributed by atoms with E-state index in [0.717, 1.165) is 18.0 Å². The molecule has 2 atom stereocenters. The van der Waals surface area contributed by atoms with Crippen LogP contribution in [0.3, 0.4) is 0 Å². The van der Waals surface area contributed by atoms with Gasteiger partial charge < -0.3 is 19.9 Å². The number of carbonyl (C=O) groups is 2. The molecular formula is C17H27N5O3S. The van der Waals surface area contributed by atoms with E-state index in [9.17, 15) is 9.59 Å². The molecule has 0 aromatic carbocycles. The van der Waals surface area contributed by atoms with Gasteiger partial charge in [-0.15, -0.1) is 0 Å². The van der Waals surface area contributed by atoms with Crippen LogP contribution in [-0.2, 0) is 9.59 Å². The highest BCUT2D eigenvalue weighted by molar-refractivity contribution is 7.98. The van der Waals surface area contributed by atoms with Gasteiger partial charge in [0.05, 0.1) is 18.9 Å². The Morgan fingerprint density at radius 1 is 1.46 bits per heavy atom. The minimum Gasteiger partial charge on any atom is -0.471 e. The first-order chi connectivity index (χ1) is 12.4. The van der Waals surface area contributed by atoms with Gasteiger partial charge in [0, 0.05) is 34.0 Å². The van der Waals surface area contributed by atoms with Crippen LogP contribution in [0, 0.1) is 0 Å². The maximum absolute atomic E-state index is 12.7. The topological polar surface area (TPSA) is 87.7 Å². The van der Waals surface area contributed by atoms with Crippen molar-refractivity contribution in [2.45, 2.75) is 31.9 Å². The van der Waals surface area contributed by atoms with Gasteiger partial charge in [0.2, 0.25) is 17.7 Å². The van der Waals surface area contributed by atoms with Gasteiger partial charge in [-0.25, -0.2) is 0 Å². The van der Waals surface area contributed by atoms with Gasteiger partial charge in [0.25, 0.3) is 0 Å². The SMILES string of the molecule is CSCCC(NC(C)=O)C(=O)N1CCC(Oc2cncc(N(C)C)n2)C1. The monoisotopic (exact) mass is 381 g/mol. The van der Waals surface area contributed by atoms with Crippen molar-refractivity contribution >= 4 is 29.4 Å². The van der Waals surface area contributed by atoms with Gasteiger partial charge in [-0.1, -0.05) is 0 Å². The molecule has 9 heteroatoms. The van der Waals surface area contributed by atoms with E-state index in [1.807, 2.05) is 25.3 Å². The molecule has 1 aromatic rings. The van der Waals surface area contributed by atoms with E-state index in [2.05, 4.69) is 15.3 Å². The van der Waals surface area contributed by atoms with Crippen molar-refractivity contribution in [3.8, 4) is 5.88 Å². The van der Waals surface area contributed by atoms with Gasteiger partial charge >= 0.3 is 0 Å². The maximum Gasteiger partial charge on any atom is 0.245 e. The fourth-order valence-electron chi connectivity index (χ4n) is 2.76. The Morgan fingerprint density at radius 3 is 2.88 bits per heavy atom. The van der Waals surface area contributed by atoms with Crippen LogP contribution in [-0.4, -0.2) is 78.0 Å². The number of amides is 2. The van der Waals surface area contributed by atoms with Crippen LogP contribution < -0.4 is 15.0 Å². The second-order valence-corrected chi connectivity index (χ2v) is 7.44. The first kappa shape index (κ1) is 20.3. The van der Waals surface area contributed by atoms with Gasteiger partial charge in [-0.2, -0.15) is 16.7 Å². The lowest BCUT2D eigenvalue weighted by atomic mass is 10.2. The number of carbonyl (C=O) groups excluding carboxylic acids is 2. The number of thioether (sulfide) groups is 1. The molecule has 1 N–H and O–H groups in total. The van der Waals surface area contributed by atoms with Crippen LogP contribution >= 0.6 is 11.8 Å². The molecule has 2 unspecified atom stereocenters. The van der Waals surface area contributed by atoms with E-state index in [1.165, 1.54) is 6.92 Å². The van der Waals surface area contributed by atoms with Crippen LogP contribution in [0.25, 0.3) is 0 Å². The summed E-state index contributed by atoms with van der Waals surface area (Å²) in [7, 11) is 3.78. The molecule has 1 aromatic heterocycles. The summed E-state index contributed by atoms with van der Waals surface area (Å²) < 4.78 is 5.90. The number of aromatic nitrogens is 2. The van der Waals surface area contributed by atoms with E-state index < -0.39 is 6.04 Å². The summed E-state index contributed by atoms with van der Waals surface area (Å²) in [5.74, 6) is 1.75. The predicted octanol–water partition coefficient (Wildman–Crippen LogP) is 0.780. The molecule has 0 saturated carbocycles. The minimum atomic E-state index is -0.476. The highest BCUT2D eigenvalue weighted by Gasteiger charge is 2.32. The number of anilines is 1. The number of rotatable bonds is 8. The van der Waals surface area contributed by atoms with E-state index in [-0.39, 0.29) is 17.9 Å². The summed E-state index contributed by atoms with van der Waals surface area (Å²) in [5.41, 5.74) is 0. The third-order valence-electron chi connectivity index (χ3n) is 4.09. The zero-order chi connectivity index (χ0) is 19.1. The van der Waals surface area contributed by atoms with E-state index in [4.69, 9.17) is 4.74 Å². The lowest BCUT2D eigenvalue weighted by Crippen LogP contribution is -2.48. The quantitative estimate of drug-likeness (QED) is 0.712. The second-order valence-electron chi connectivity index (χ2n) is 6.46. The van der Waals surface area contributed by atoms with Gasteiger partial charge in [0.1, 0.15) is 12.1 Å². The molecule has 2 rings (SSSR count). The summed E-state index contributed by atoms with van der Waals surface area (Å²) in [6, 6.07) is -0.476. The molecule has 144 valence electrons. The Hall–Kier alpha value is -2.03. The van der Waals surface area contributed by atoms with Crippen LogP contribution in [0.4, 0.5) is 5.82 Å². The first-order valence-electron chi connectivity index (χ1n) is 8.61. The molecule has 1 aliphatic heterocycles. The average molecular weight is 382 g/mol. The Balaban J connectivity index is 1.94. The smallest absolute Gasteiger partial charge is 0.245 e. The van der Waals surface area contributed by atoms with Crippen LogP contribution in [0.5, 0.6) is 5.88 Å². The zero-order valence-electron chi connectivity index (χ0n) is 15.8. The van der Waals surface area contributed by atoms with Crippen molar-refractivity contribution in [1.29, 1.82) is 0 Å². The predicted molar refractivity (Wildman–Crippen MR) is 103 cm³/mol. The van der Waals surface area contributed by atoms with Crippen LogP contribution in [0.2, 0.25) is 0 Å². The summed E-state index contributed by atoms with van der Waals surface area (Å²) in [6.07, 6.45) is 6.46. The van der Waals surface area contributed by atoms with Crippen molar-refractivity contribution in [3.63, 3.8) is 0 Å². The first-order valence-corrected chi connectivity index (χ1v) is 10.0. The van der Waals surface area contributed by atoms with Crippen molar-refractivity contribution in [2.24, 2.45) is 0 Å². The highest BCUT2D eigenvalue weighted by Crippen LogP contribution is 2.19. The van der Waals surface area contributed by atoms with Crippen molar-refractivity contribution < 1.29 is 14.3 Å². The molecule has 1 saturated heterocycles. The molecular weight excluding hydrogens is 354 g/mol. The largest absolute Gasteiger partial charge is 0.471 e. The second kappa shape index (κ2) is 9.61. The van der Waals surface area contributed by atoms with Crippen molar-refractivity contribution in [1.82, 2.24) is 20.2 Å². The molecule has 0 radical (unpaired) electrons. The third kappa shape index (κ3) is 5.76. The lowest BCUT2D eigenvalue weighted by molar-refractivity contribution is -0.135. The normalized spacial score (nSPS) is 17.7. The van der Waals surface area contributed by atoms with E-state index in [1.54, 1.807) is 29.1 Å². The average Bonchev–Trinajstić information content (AvgIpc) is 3.06. The number of nitrogens with one attached hydrogen (secondary N) is 1. The van der Waals surface area contributed by atoms with E-state index in [0.29, 0.717) is 25.4 Å². The Morgan fingerprint density at radius 2 is 2.23 bits per heavy atom. The number of hydrogen-bond acceptors (Lipinski definition) is 7. The summed E-state index contributed by atoms with van der Waals surface area (Å²) in [4.78, 5) is 36.3. The molecule has 0 aliphatic carbocycles. The molecule has 1 fully saturated rings. The van der Waals surface area contributed by atoms with Gasteiger partial charge in [-0.3, -0.25) is 14.6 Å². The number of nitrogens with zero attached hydrogens (tertiary/aromatic N) is 4. The number of hydrogen-bond donors (Lipinski definition) is 1. The fraction of sp³-hybridized carbons (Fsp3) is 0.647. The molecule has 0 spiro atoms. The molecule has 2 heterocycles. The third-order valence-corrected chi connectivity index (χ3v) is 4.73. The fourth-order valence-corrected chi connectivity index (χ4v) is 3.24. The zero-order valence-corrected chi connectivity index (χ0v) is 16.6. The molecule has 8 nitrogen and oxygen atoms in total. The summed E-state index contributed by atoms with van der Waals surface area (Å²) >= 11 is 1.66. The molecule has 2 amide bonds. The highest BCUT2D eigenvalue weighted by atomic mass is 32.2. The van der Waals surface area contributed by atoms with Gasteiger partial charge in [-0.05, 0) is 18.4 Å². The molecule has 1 aliphatic rings. The Bertz CT molecular complexity index is 628. The number of ether oxygens (including phenoxy) is 1. The summed E-state index contributed by atoms with van der Waals surface area (Å²) in [5, 5.41) is 2.76. The van der Waals surface area contributed by atoms with E-state index >= 15 is 0 Å². The number of likely N-dealkylation sites (tertiary alicyclic amines) is 1. The van der Waals surface area contributed by atoms with Crippen molar-refractivity contribution in [3.05, 3.63) is 12.4 Å². The Kier molecular flexibility index (Phi) is 7.50. The van der Waals surface area contributed by atoms with Crippen LogP contribution in [0.15, 0.2) is 12.4 Å². The molecule has 26 heavy (non-hydrogen) atoms. The van der Waals surface area contributed by atoms with Crippen LogP contribution in [0.1, 0.15) is 19.8 Å². The lowest BCUT2D eigenvalue weighted by Gasteiger charge is -2.24.